The summed E-state index contributed by atoms with van der Waals surface area (Å²) < 4.78 is 27.4. The number of sulfonamides is 1. The van der Waals surface area contributed by atoms with Crippen molar-refractivity contribution in [2.24, 2.45) is 0 Å². The van der Waals surface area contributed by atoms with Crippen LogP contribution in [0.4, 0.5) is 17.2 Å². The van der Waals surface area contributed by atoms with Crippen LogP contribution < -0.4 is 4.90 Å². The Morgan fingerprint density at radius 2 is 1.53 bits per heavy atom. The van der Waals surface area contributed by atoms with Crippen molar-refractivity contribution < 1.29 is 18.3 Å². The number of benzene rings is 1. The number of nitrogens with zero attached hydrogens (tertiary/aromatic N) is 7. The van der Waals surface area contributed by atoms with Gasteiger partial charge in [0.25, 0.3) is 11.4 Å². The molecule has 34 heavy (non-hydrogen) atoms. The van der Waals surface area contributed by atoms with E-state index >= 15 is 0 Å². The Labute approximate surface area is 194 Å². The van der Waals surface area contributed by atoms with Crippen molar-refractivity contribution in [1.29, 1.82) is 0 Å². The maximum atomic E-state index is 13.1. The maximum absolute atomic E-state index is 13.1. The lowest BCUT2D eigenvalue weighted by molar-refractivity contribution is -0.395. The highest BCUT2D eigenvalue weighted by molar-refractivity contribution is 7.89. The molecule has 3 aromatic rings. The molecule has 0 radical (unpaired) electrons. The van der Waals surface area contributed by atoms with Crippen LogP contribution >= 0.6 is 0 Å². The van der Waals surface area contributed by atoms with Crippen LogP contribution in [0.5, 0.6) is 0 Å². The summed E-state index contributed by atoms with van der Waals surface area (Å²) in [5.74, 6) is 0.568. The van der Waals surface area contributed by atoms with Crippen molar-refractivity contribution >= 4 is 27.2 Å². The number of nitro benzene ring substituents is 2. The average Bonchev–Trinajstić information content (AvgIpc) is 2.84. The van der Waals surface area contributed by atoms with Crippen LogP contribution in [-0.2, 0) is 10.0 Å². The summed E-state index contributed by atoms with van der Waals surface area (Å²) in [6, 6.07) is 10.7. The first-order valence-corrected chi connectivity index (χ1v) is 11.6. The van der Waals surface area contributed by atoms with Crippen molar-refractivity contribution in [3.63, 3.8) is 0 Å². The van der Waals surface area contributed by atoms with E-state index in [1.54, 1.807) is 24.4 Å². The van der Waals surface area contributed by atoms with Gasteiger partial charge in [0.1, 0.15) is 11.3 Å². The molecule has 1 saturated heterocycles. The molecule has 1 aliphatic heterocycles. The van der Waals surface area contributed by atoms with Gasteiger partial charge in [-0.15, -0.1) is 10.2 Å². The Kier molecular flexibility index (Phi) is 6.17. The third-order valence-corrected chi connectivity index (χ3v) is 7.37. The fourth-order valence-corrected chi connectivity index (χ4v) is 5.10. The maximum Gasteiger partial charge on any atom is 0.280 e. The normalized spacial score (nSPS) is 14.7. The van der Waals surface area contributed by atoms with Gasteiger partial charge in [0.05, 0.1) is 20.4 Å². The number of rotatable bonds is 6. The third kappa shape index (κ3) is 4.40. The second-order valence-electron chi connectivity index (χ2n) is 7.48. The minimum absolute atomic E-state index is 0.0709. The van der Waals surface area contributed by atoms with Crippen molar-refractivity contribution in [1.82, 2.24) is 19.5 Å². The van der Waals surface area contributed by atoms with Crippen LogP contribution in [0, 0.1) is 27.2 Å². The van der Waals surface area contributed by atoms with E-state index in [-0.39, 0.29) is 18.7 Å². The van der Waals surface area contributed by atoms with Crippen LogP contribution in [0.15, 0.2) is 53.6 Å². The molecule has 1 aromatic carbocycles. The third-order valence-electron chi connectivity index (χ3n) is 5.50. The molecule has 176 valence electrons. The van der Waals surface area contributed by atoms with E-state index in [0.29, 0.717) is 30.3 Å². The van der Waals surface area contributed by atoms with Gasteiger partial charge in [-0.05, 0) is 31.2 Å². The van der Waals surface area contributed by atoms with Crippen molar-refractivity contribution in [2.45, 2.75) is 11.8 Å². The number of anilines is 1. The number of nitro groups is 2. The molecule has 1 aliphatic rings. The van der Waals surface area contributed by atoms with Gasteiger partial charge < -0.3 is 4.90 Å². The van der Waals surface area contributed by atoms with Gasteiger partial charge in [-0.3, -0.25) is 25.2 Å². The van der Waals surface area contributed by atoms with E-state index in [1.807, 2.05) is 17.0 Å². The van der Waals surface area contributed by atoms with E-state index in [4.69, 9.17) is 0 Å². The highest BCUT2D eigenvalue weighted by atomic mass is 32.2. The lowest BCUT2D eigenvalue weighted by Crippen LogP contribution is -2.49. The largest absolute Gasteiger partial charge is 0.352 e. The molecule has 0 saturated carbocycles. The molecular weight excluding hydrogens is 466 g/mol. The summed E-state index contributed by atoms with van der Waals surface area (Å²) in [5.41, 5.74) is -0.150. The van der Waals surface area contributed by atoms with Crippen molar-refractivity contribution in [2.75, 3.05) is 31.1 Å². The molecule has 0 aliphatic carbocycles. The van der Waals surface area contributed by atoms with E-state index in [2.05, 4.69) is 15.2 Å². The molecule has 0 bridgehead atoms. The van der Waals surface area contributed by atoms with Crippen LogP contribution in [0.25, 0.3) is 11.4 Å². The molecule has 1 fully saturated rings. The number of hydrogen-bond acceptors (Lipinski definition) is 10. The highest BCUT2D eigenvalue weighted by Crippen LogP contribution is 2.33. The highest BCUT2D eigenvalue weighted by Gasteiger charge is 2.33. The number of aromatic nitrogens is 3. The van der Waals surface area contributed by atoms with Gasteiger partial charge in [-0.25, -0.2) is 8.42 Å². The summed E-state index contributed by atoms with van der Waals surface area (Å²) in [7, 11) is -4.19. The first-order chi connectivity index (χ1) is 16.2. The molecule has 2 aromatic heterocycles. The monoisotopic (exact) mass is 485 g/mol. The van der Waals surface area contributed by atoms with Gasteiger partial charge in [0.2, 0.25) is 10.0 Å². The van der Waals surface area contributed by atoms with E-state index in [0.717, 1.165) is 16.4 Å². The summed E-state index contributed by atoms with van der Waals surface area (Å²) in [6.07, 6.45) is 1.65. The second-order valence-corrected chi connectivity index (χ2v) is 9.42. The van der Waals surface area contributed by atoms with Gasteiger partial charge in [-0.1, -0.05) is 6.07 Å². The SMILES string of the molecule is Cc1c([N+](=O)[O-])cc(S(=O)(=O)N2CCN(c3ccc(-c4ccccn4)nn3)CC2)cc1[N+](=O)[O-]. The second kappa shape index (κ2) is 9.07. The zero-order valence-electron chi connectivity index (χ0n) is 17.9. The van der Waals surface area contributed by atoms with Crippen molar-refractivity contribution in [3.05, 3.63) is 74.5 Å². The standard InChI is InChI=1S/C20H19N7O6S/c1-14-18(26(28)29)12-15(13-19(14)27(30)31)34(32,33)25-10-8-24(9-11-25)20-6-5-17(22-23-20)16-4-2-3-7-21-16/h2-7,12-13H,8-11H2,1H3. The lowest BCUT2D eigenvalue weighted by atomic mass is 10.1. The Bertz CT molecular complexity index is 1310. The fourth-order valence-electron chi connectivity index (χ4n) is 3.64. The molecule has 14 heteroatoms. The number of hydrogen-bond donors (Lipinski definition) is 0. The molecule has 0 amide bonds. The minimum atomic E-state index is -4.19. The van der Waals surface area contributed by atoms with Crippen LogP contribution in [0.1, 0.15) is 5.56 Å². The predicted molar refractivity (Wildman–Crippen MR) is 121 cm³/mol. The fraction of sp³-hybridized carbons (Fsp3) is 0.250. The Balaban J connectivity index is 1.52. The van der Waals surface area contributed by atoms with Gasteiger partial charge >= 0.3 is 0 Å². The van der Waals surface area contributed by atoms with Crippen LogP contribution in [-0.4, -0.2) is 63.9 Å². The minimum Gasteiger partial charge on any atom is -0.352 e. The Morgan fingerprint density at radius 3 is 2.03 bits per heavy atom. The first kappa shape index (κ1) is 23.1. The van der Waals surface area contributed by atoms with Crippen molar-refractivity contribution in [3.8, 4) is 11.4 Å². The quantitative estimate of drug-likeness (QED) is 0.373. The summed E-state index contributed by atoms with van der Waals surface area (Å²) in [5, 5.41) is 31.0. The Morgan fingerprint density at radius 1 is 0.882 bits per heavy atom. The van der Waals surface area contributed by atoms with Crippen LogP contribution in [0.2, 0.25) is 0 Å². The molecule has 4 rings (SSSR count). The average molecular weight is 485 g/mol. The van der Waals surface area contributed by atoms with Gasteiger partial charge in [0.15, 0.2) is 5.82 Å². The molecular formula is C20H19N7O6S. The van der Waals surface area contributed by atoms with E-state index < -0.39 is 36.1 Å². The molecule has 0 atom stereocenters. The lowest BCUT2D eigenvalue weighted by Gasteiger charge is -2.34. The molecule has 0 N–H and O–H groups in total. The molecule has 0 spiro atoms. The smallest absolute Gasteiger partial charge is 0.280 e. The van der Waals surface area contributed by atoms with Gasteiger partial charge in [0, 0.05) is 44.5 Å². The summed E-state index contributed by atoms with van der Waals surface area (Å²) in [4.78, 5) is 26.6. The Hall–Kier alpha value is -4.04. The zero-order valence-corrected chi connectivity index (χ0v) is 18.8. The topological polar surface area (TPSA) is 166 Å². The van der Waals surface area contributed by atoms with E-state index in [9.17, 15) is 28.6 Å². The number of piperazine rings is 1. The molecule has 13 nitrogen and oxygen atoms in total. The molecule has 0 unspecified atom stereocenters. The molecule has 3 heterocycles. The summed E-state index contributed by atoms with van der Waals surface area (Å²) >= 11 is 0. The van der Waals surface area contributed by atoms with E-state index in [1.165, 1.54) is 6.92 Å². The zero-order chi connectivity index (χ0) is 24.5. The predicted octanol–water partition coefficient (Wildman–Crippen LogP) is 2.17. The first-order valence-electron chi connectivity index (χ1n) is 10.1. The number of pyridine rings is 1. The van der Waals surface area contributed by atoms with Gasteiger partial charge in [-0.2, -0.15) is 4.31 Å². The van der Waals surface area contributed by atoms with Crippen LogP contribution in [0.3, 0.4) is 0 Å². The summed E-state index contributed by atoms with van der Waals surface area (Å²) in [6.45, 7) is 1.95.